The third-order valence-electron chi connectivity index (χ3n) is 3.87. The van der Waals surface area contributed by atoms with Crippen LogP contribution in [0.3, 0.4) is 0 Å². The SMILES string of the molecule is CCNC(Cc1cc(F)ccc1Br)C1(C)CCCO1. The Bertz CT molecular complexity index is 432. The van der Waals surface area contributed by atoms with Crippen molar-refractivity contribution in [1.82, 2.24) is 5.32 Å². The van der Waals surface area contributed by atoms with Crippen LogP contribution in [0.1, 0.15) is 32.3 Å². The fraction of sp³-hybridized carbons (Fsp3) is 0.600. The largest absolute Gasteiger partial charge is 0.374 e. The van der Waals surface area contributed by atoms with E-state index in [9.17, 15) is 4.39 Å². The molecule has 0 aliphatic carbocycles. The lowest BCUT2D eigenvalue weighted by Crippen LogP contribution is -2.49. The van der Waals surface area contributed by atoms with Crippen molar-refractivity contribution < 1.29 is 9.13 Å². The molecule has 2 atom stereocenters. The van der Waals surface area contributed by atoms with Gasteiger partial charge in [-0.05, 0) is 56.5 Å². The van der Waals surface area contributed by atoms with Crippen LogP contribution >= 0.6 is 15.9 Å². The minimum Gasteiger partial charge on any atom is -0.374 e. The summed E-state index contributed by atoms with van der Waals surface area (Å²) in [5.41, 5.74) is 0.838. The van der Waals surface area contributed by atoms with Crippen LogP contribution in [-0.2, 0) is 11.2 Å². The fourth-order valence-electron chi connectivity index (χ4n) is 2.75. The quantitative estimate of drug-likeness (QED) is 0.889. The smallest absolute Gasteiger partial charge is 0.123 e. The molecule has 1 aliphatic rings. The van der Waals surface area contributed by atoms with Gasteiger partial charge in [-0.3, -0.25) is 0 Å². The van der Waals surface area contributed by atoms with Crippen LogP contribution in [0.15, 0.2) is 22.7 Å². The Balaban J connectivity index is 2.18. The molecule has 2 unspecified atom stereocenters. The highest BCUT2D eigenvalue weighted by atomic mass is 79.9. The number of benzene rings is 1. The van der Waals surface area contributed by atoms with E-state index in [4.69, 9.17) is 4.74 Å². The predicted octanol–water partition coefficient (Wildman–Crippen LogP) is 3.68. The minimum absolute atomic E-state index is 0.151. The Kier molecular flexibility index (Phi) is 4.98. The summed E-state index contributed by atoms with van der Waals surface area (Å²) in [5.74, 6) is -0.189. The zero-order valence-corrected chi connectivity index (χ0v) is 13.1. The van der Waals surface area contributed by atoms with E-state index in [1.54, 1.807) is 12.1 Å². The fourth-order valence-corrected chi connectivity index (χ4v) is 3.15. The molecule has 0 saturated carbocycles. The van der Waals surface area contributed by atoms with Gasteiger partial charge in [0.1, 0.15) is 5.82 Å². The van der Waals surface area contributed by atoms with Crippen molar-refractivity contribution in [2.45, 2.75) is 44.8 Å². The first-order valence-electron chi connectivity index (χ1n) is 6.86. The molecule has 19 heavy (non-hydrogen) atoms. The number of rotatable bonds is 5. The van der Waals surface area contributed by atoms with Crippen LogP contribution in [0, 0.1) is 5.82 Å². The first kappa shape index (κ1) is 14.9. The van der Waals surface area contributed by atoms with Crippen LogP contribution in [0.5, 0.6) is 0 Å². The number of hydrogen-bond acceptors (Lipinski definition) is 2. The van der Waals surface area contributed by atoms with Gasteiger partial charge in [-0.2, -0.15) is 0 Å². The first-order chi connectivity index (χ1) is 9.05. The first-order valence-corrected chi connectivity index (χ1v) is 7.66. The minimum atomic E-state index is -0.189. The molecule has 0 amide bonds. The van der Waals surface area contributed by atoms with Gasteiger partial charge in [-0.15, -0.1) is 0 Å². The molecule has 2 nitrogen and oxygen atoms in total. The van der Waals surface area contributed by atoms with Crippen LogP contribution in [-0.4, -0.2) is 24.8 Å². The average Bonchev–Trinajstić information content (AvgIpc) is 2.81. The van der Waals surface area contributed by atoms with Gasteiger partial charge in [-0.1, -0.05) is 22.9 Å². The summed E-state index contributed by atoms with van der Waals surface area (Å²) in [6, 6.07) is 5.06. The number of halogens is 2. The Morgan fingerprint density at radius 3 is 2.95 bits per heavy atom. The Morgan fingerprint density at radius 2 is 2.32 bits per heavy atom. The highest BCUT2D eigenvalue weighted by molar-refractivity contribution is 9.10. The number of likely N-dealkylation sites (N-methyl/N-ethyl adjacent to an activating group) is 1. The van der Waals surface area contributed by atoms with Crippen LogP contribution < -0.4 is 5.32 Å². The van der Waals surface area contributed by atoms with Gasteiger partial charge in [0.05, 0.1) is 5.60 Å². The Hall–Kier alpha value is -0.450. The lowest BCUT2D eigenvalue weighted by atomic mass is 9.88. The maximum Gasteiger partial charge on any atom is 0.123 e. The standard InChI is InChI=1S/C15H21BrFNO/c1-3-18-14(15(2)7-4-8-19-15)10-11-9-12(17)5-6-13(11)16/h5-6,9,14,18H,3-4,7-8,10H2,1-2H3. The molecular weight excluding hydrogens is 309 g/mol. The van der Waals surface area contributed by atoms with Gasteiger partial charge in [0, 0.05) is 17.1 Å². The molecule has 0 radical (unpaired) electrons. The molecule has 0 spiro atoms. The third-order valence-corrected chi connectivity index (χ3v) is 4.64. The molecule has 1 aromatic carbocycles. The number of nitrogens with one attached hydrogen (secondary N) is 1. The average molecular weight is 330 g/mol. The van der Waals surface area contributed by atoms with E-state index < -0.39 is 0 Å². The molecular formula is C15H21BrFNO. The predicted molar refractivity (Wildman–Crippen MR) is 78.9 cm³/mol. The van der Waals surface area contributed by atoms with E-state index in [0.717, 1.165) is 42.5 Å². The van der Waals surface area contributed by atoms with Crippen molar-refractivity contribution in [2.24, 2.45) is 0 Å². The van der Waals surface area contributed by atoms with E-state index in [-0.39, 0.29) is 17.5 Å². The number of hydrogen-bond donors (Lipinski definition) is 1. The van der Waals surface area contributed by atoms with Crippen molar-refractivity contribution in [2.75, 3.05) is 13.2 Å². The normalized spacial score (nSPS) is 24.6. The molecule has 0 aromatic heterocycles. The van der Waals surface area contributed by atoms with Gasteiger partial charge in [0.2, 0.25) is 0 Å². The highest BCUT2D eigenvalue weighted by Gasteiger charge is 2.38. The lowest BCUT2D eigenvalue weighted by molar-refractivity contribution is -0.0111. The topological polar surface area (TPSA) is 21.3 Å². The van der Waals surface area contributed by atoms with Crippen molar-refractivity contribution in [3.8, 4) is 0 Å². The zero-order valence-electron chi connectivity index (χ0n) is 11.5. The molecule has 2 rings (SSSR count). The van der Waals surface area contributed by atoms with Gasteiger partial charge < -0.3 is 10.1 Å². The van der Waals surface area contributed by atoms with E-state index in [1.807, 2.05) is 0 Å². The molecule has 1 fully saturated rings. The molecule has 1 aliphatic heterocycles. The van der Waals surface area contributed by atoms with Crippen LogP contribution in [0.4, 0.5) is 4.39 Å². The van der Waals surface area contributed by atoms with Crippen molar-refractivity contribution in [3.63, 3.8) is 0 Å². The number of ether oxygens (including phenoxy) is 1. The molecule has 4 heteroatoms. The van der Waals surface area contributed by atoms with Crippen molar-refractivity contribution >= 4 is 15.9 Å². The van der Waals surface area contributed by atoms with Crippen LogP contribution in [0.2, 0.25) is 0 Å². The summed E-state index contributed by atoms with van der Waals surface area (Å²) in [4.78, 5) is 0. The van der Waals surface area contributed by atoms with Crippen molar-refractivity contribution in [1.29, 1.82) is 0 Å². The second-order valence-corrected chi connectivity index (χ2v) is 6.17. The highest BCUT2D eigenvalue weighted by Crippen LogP contribution is 2.31. The summed E-state index contributed by atoms with van der Waals surface area (Å²) in [7, 11) is 0. The Labute approximate surface area is 122 Å². The van der Waals surface area contributed by atoms with E-state index >= 15 is 0 Å². The van der Waals surface area contributed by atoms with Gasteiger partial charge in [0.15, 0.2) is 0 Å². The summed E-state index contributed by atoms with van der Waals surface area (Å²) in [6.45, 7) is 5.95. The van der Waals surface area contributed by atoms with Crippen LogP contribution in [0.25, 0.3) is 0 Å². The Morgan fingerprint density at radius 1 is 1.53 bits per heavy atom. The molecule has 0 bridgehead atoms. The van der Waals surface area contributed by atoms with Crippen molar-refractivity contribution in [3.05, 3.63) is 34.1 Å². The molecule has 1 heterocycles. The second-order valence-electron chi connectivity index (χ2n) is 5.31. The van der Waals surface area contributed by atoms with Gasteiger partial charge >= 0.3 is 0 Å². The lowest BCUT2D eigenvalue weighted by Gasteiger charge is -2.34. The molecule has 1 N–H and O–H groups in total. The zero-order chi connectivity index (χ0) is 13.9. The summed E-state index contributed by atoms with van der Waals surface area (Å²) >= 11 is 3.50. The third kappa shape index (κ3) is 3.56. The monoisotopic (exact) mass is 329 g/mol. The van der Waals surface area contributed by atoms with E-state index in [1.165, 1.54) is 6.07 Å². The maximum absolute atomic E-state index is 13.4. The molecule has 106 valence electrons. The summed E-state index contributed by atoms with van der Waals surface area (Å²) in [5, 5.41) is 3.49. The second kappa shape index (κ2) is 6.33. The molecule has 1 saturated heterocycles. The molecule has 1 aromatic rings. The van der Waals surface area contributed by atoms with E-state index in [2.05, 4.69) is 35.1 Å². The maximum atomic E-state index is 13.4. The van der Waals surface area contributed by atoms with Gasteiger partial charge in [0.25, 0.3) is 0 Å². The summed E-state index contributed by atoms with van der Waals surface area (Å²) < 4.78 is 20.3. The van der Waals surface area contributed by atoms with Gasteiger partial charge in [-0.25, -0.2) is 4.39 Å². The van der Waals surface area contributed by atoms with E-state index in [0.29, 0.717) is 0 Å². The summed E-state index contributed by atoms with van der Waals surface area (Å²) in [6.07, 6.45) is 2.92.